The van der Waals surface area contributed by atoms with Gasteiger partial charge in [0.25, 0.3) is 0 Å². The monoisotopic (exact) mass is 309 g/mol. The highest BCUT2D eigenvalue weighted by molar-refractivity contribution is 7.99. The van der Waals surface area contributed by atoms with Crippen LogP contribution in [0.25, 0.3) is 0 Å². The lowest BCUT2D eigenvalue weighted by Crippen LogP contribution is -2.35. The standard InChI is InChI=1S/C17H27NO2S/c1-12(18-13-5-8-15(21-4)9-6-13)16-10-7-14(19-2)11-17(16)20-3/h7,10-13,15,18H,5-6,8-9H2,1-4H3. The second-order valence-corrected chi connectivity index (χ2v) is 6.84. The minimum atomic E-state index is 0.293. The minimum absolute atomic E-state index is 0.293. The largest absolute Gasteiger partial charge is 0.497 e. The van der Waals surface area contributed by atoms with Crippen LogP contribution in [0.1, 0.15) is 44.2 Å². The van der Waals surface area contributed by atoms with Gasteiger partial charge in [0.2, 0.25) is 0 Å². The molecule has 0 saturated heterocycles. The van der Waals surface area contributed by atoms with Gasteiger partial charge >= 0.3 is 0 Å². The van der Waals surface area contributed by atoms with Crippen molar-refractivity contribution in [3.05, 3.63) is 23.8 Å². The Hall–Kier alpha value is -0.870. The predicted octanol–water partition coefficient (Wildman–Crippen LogP) is 4.03. The molecule has 1 N–H and O–H groups in total. The highest BCUT2D eigenvalue weighted by Crippen LogP contribution is 2.32. The van der Waals surface area contributed by atoms with Gasteiger partial charge in [0.15, 0.2) is 0 Å². The van der Waals surface area contributed by atoms with Gasteiger partial charge in [0.05, 0.1) is 14.2 Å². The van der Waals surface area contributed by atoms with Crippen LogP contribution in [0.3, 0.4) is 0 Å². The number of benzene rings is 1. The molecule has 1 unspecified atom stereocenters. The highest BCUT2D eigenvalue weighted by Gasteiger charge is 2.22. The summed E-state index contributed by atoms with van der Waals surface area (Å²) in [6.45, 7) is 2.21. The molecule has 1 aromatic carbocycles. The van der Waals surface area contributed by atoms with Gasteiger partial charge in [-0.1, -0.05) is 6.07 Å². The van der Waals surface area contributed by atoms with Crippen LogP contribution < -0.4 is 14.8 Å². The van der Waals surface area contributed by atoms with Crippen LogP contribution in [-0.4, -0.2) is 31.8 Å². The second-order valence-electron chi connectivity index (χ2n) is 5.71. The average Bonchev–Trinajstić information content (AvgIpc) is 2.54. The lowest BCUT2D eigenvalue weighted by molar-refractivity contribution is 0.342. The van der Waals surface area contributed by atoms with Crippen molar-refractivity contribution in [3.63, 3.8) is 0 Å². The molecule has 1 aliphatic carbocycles. The van der Waals surface area contributed by atoms with Crippen molar-refractivity contribution in [1.82, 2.24) is 5.32 Å². The predicted molar refractivity (Wildman–Crippen MR) is 90.7 cm³/mol. The van der Waals surface area contributed by atoms with Crippen LogP contribution in [-0.2, 0) is 0 Å². The third-order valence-electron chi connectivity index (χ3n) is 4.40. The van der Waals surface area contributed by atoms with Crippen LogP contribution in [0.15, 0.2) is 18.2 Å². The average molecular weight is 309 g/mol. The second kappa shape index (κ2) is 7.95. The Kier molecular flexibility index (Phi) is 6.24. The molecule has 3 nitrogen and oxygen atoms in total. The van der Waals surface area contributed by atoms with Crippen LogP contribution in [0.2, 0.25) is 0 Å². The molecule has 0 aromatic heterocycles. The normalized spacial score (nSPS) is 23.6. The van der Waals surface area contributed by atoms with Crippen molar-refractivity contribution in [3.8, 4) is 11.5 Å². The van der Waals surface area contributed by atoms with E-state index in [0.29, 0.717) is 12.1 Å². The molecule has 0 aliphatic heterocycles. The van der Waals surface area contributed by atoms with Crippen LogP contribution in [0, 0.1) is 0 Å². The molecule has 1 aromatic rings. The van der Waals surface area contributed by atoms with Gasteiger partial charge in [-0.15, -0.1) is 0 Å². The summed E-state index contributed by atoms with van der Waals surface area (Å²) in [5.41, 5.74) is 1.20. The molecule has 0 heterocycles. The quantitative estimate of drug-likeness (QED) is 0.859. The Balaban J connectivity index is 1.98. The Bertz CT molecular complexity index is 444. The van der Waals surface area contributed by atoms with E-state index in [2.05, 4.69) is 24.6 Å². The van der Waals surface area contributed by atoms with Crippen LogP contribution in [0.4, 0.5) is 0 Å². The van der Waals surface area contributed by atoms with Crippen LogP contribution >= 0.6 is 11.8 Å². The molecular weight excluding hydrogens is 282 g/mol. The van der Waals surface area contributed by atoms with Crippen molar-refractivity contribution >= 4 is 11.8 Å². The maximum absolute atomic E-state index is 5.51. The molecule has 0 amide bonds. The SMILES string of the molecule is COc1ccc(C(C)NC2CCC(SC)CC2)c(OC)c1. The summed E-state index contributed by atoms with van der Waals surface area (Å²) in [6.07, 6.45) is 7.42. The summed E-state index contributed by atoms with van der Waals surface area (Å²) in [6, 6.07) is 6.97. The van der Waals surface area contributed by atoms with E-state index in [-0.39, 0.29) is 0 Å². The van der Waals surface area contributed by atoms with E-state index in [9.17, 15) is 0 Å². The fourth-order valence-corrected chi connectivity index (χ4v) is 3.83. The number of methoxy groups -OCH3 is 2. The number of hydrogen-bond donors (Lipinski definition) is 1. The third kappa shape index (κ3) is 4.30. The Morgan fingerprint density at radius 1 is 1.14 bits per heavy atom. The summed E-state index contributed by atoms with van der Waals surface area (Å²) in [5.74, 6) is 1.73. The molecule has 118 valence electrons. The lowest BCUT2D eigenvalue weighted by Gasteiger charge is -2.31. The highest BCUT2D eigenvalue weighted by atomic mass is 32.2. The van der Waals surface area contributed by atoms with Gasteiger partial charge < -0.3 is 14.8 Å². The lowest BCUT2D eigenvalue weighted by atomic mass is 9.93. The molecule has 0 bridgehead atoms. The molecule has 1 saturated carbocycles. The number of thioether (sulfide) groups is 1. The first-order chi connectivity index (χ1) is 10.2. The van der Waals surface area contributed by atoms with Crippen molar-refractivity contribution in [2.24, 2.45) is 0 Å². The third-order valence-corrected chi connectivity index (χ3v) is 5.54. The molecule has 1 fully saturated rings. The fourth-order valence-electron chi connectivity index (χ4n) is 3.08. The Labute approximate surface area is 132 Å². The van der Waals surface area contributed by atoms with E-state index in [1.807, 2.05) is 23.9 Å². The van der Waals surface area contributed by atoms with Gasteiger partial charge in [-0.05, 0) is 44.9 Å². The summed E-state index contributed by atoms with van der Waals surface area (Å²) in [4.78, 5) is 0. The van der Waals surface area contributed by atoms with E-state index in [0.717, 1.165) is 16.7 Å². The molecule has 4 heteroatoms. The van der Waals surface area contributed by atoms with Gasteiger partial charge in [0.1, 0.15) is 11.5 Å². The Morgan fingerprint density at radius 2 is 1.86 bits per heavy atom. The van der Waals surface area contributed by atoms with Gasteiger partial charge in [-0.2, -0.15) is 11.8 Å². The summed E-state index contributed by atoms with van der Waals surface area (Å²) in [7, 11) is 3.40. The number of hydrogen-bond acceptors (Lipinski definition) is 4. The zero-order valence-corrected chi connectivity index (χ0v) is 14.3. The number of nitrogens with one attached hydrogen (secondary N) is 1. The van der Waals surface area contributed by atoms with Gasteiger partial charge in [-0.3, -0.25) is 0 Å². The van der Waals surface area contributed by atoms with Crippen molar-refractivity contribution < 1.29 is 9.47 Å². The topological polar surface area (TPSA) is 30.5 Å². The molecule has 1 aliphatic rings. The first kappa shape index (κ1) is 16.5. The maximum Gasteiger partial charge on any atom is 0.127 e. The zero-order valence-electron chi connectivity index (χ0n) is 13.5. The van der Waals surface area contributed by atoms with E-state index in [1.165, 1.54) is 31.2 Å². The van der Waals surface area contributed by atoms with E-state index in [4.69, 9.17) is 9.47 Å². The summed E-state index contributed by atoms with van der Waals surface area (Å²) in [5, 5.41) is 4.62. The molecule has 0 spiro atoms. The fraction of sp³-hybridized carbons (Fsp3) is 0.647. The van der Waals surface area contributed by atoms with Crippen LogP contribution in [0.5, 0.6) is 11.5 Å². The maximum atomic E-state index is 5.51. The first-order valence-electron chi connectivity index (χ1n) is 7.68. The summed E-state index contributed by atoms with van der Waals surface area (Å²) >= 11 is 2.01. The molecule has 1 atom stereocenters. The zero-order chi connectivity index (χ0) is 15.2. The Morgan fingerprint density at radius 3 is 2.43 bits per heavy atom. The smallest absolute Gasteiger partial charge is 0.127 e. The molecule has 0 radical (unpaired) electrons. The van der Waals surface area contributed by atoms with E-state index < -0.39 is 0 Å². The molecular formula is C17H27NO2S. The van der Waals surface area contributed by atoms with Gasteiger partial charge in [-0.25, -0.2) is 0 Å². The summed E-state index contributed by atoms with van der Waals surface area (Å²) < 4.78 is 10.8. The van der Waals surface area contributed by atoms with Crippen molar-refractivity contribution in [2.75, 3.05) is 20.5 Å². The van der Waals surface area contributed by atoms with Gasteiger partial charge in [0, 0.05) is 29.0 Å². The minimum Gasteiger partial charge on any atom is -0.497 e. The number of rotatable bonds is 6. The van der Waals surface area contributed by atoms with E-state index >= 15 is 0 Å². The first-order valence-corrected chi connectivity index (χ1v) is 8.97. The van der Waals surface area contributed by atoms with Crippen molar-refractivity contribution in [1.29, 1.82) is 0 Å². The van der Waals surface area contributed by atoms with E-state index in [1.54, 1.807) is 14.2 Å². The molecule has 2 rings (SSSR count). The molecule has 21 heavy (non-hydrogen) atoms. The number of ether oxygens (including phenoxy) is 2. The van der Waals surface area contributed by atoms with Crippen molar-refractivity contribution in [2.45, 2.75) is 49.9 Å².